The Hall–Kier alpha value is -1.45. The number of aryl methyl sites for hydroxylation is 2. The van der Waals surface area contributed by atoms with Crippen LogP contribution in [-0.2, 0) is 7.05 Å². The summed E-state index contributed by atoms with van der Waals surface area (Å²) in [4.78, 5) is 10.0. The molecule has 0 fully saturated rings. The molecule has 0 amide bonds. The quantitative estimate of drug-likeness (QED) is 0.356. The highest BCUT2D eigenvalue weighted by Crippen LogP contribution is 2.11. The molecule has 0 radical (unpaired) electrons. The number of hydrogen-bond donors (Lipinski definition) is 0. The third kappa shape index (κ3) is 1.42. The van der Waals surface area contributed by atoms with E-state index in [1.165, 1.54) is 0 Å². The molecule has 1 heterocycles. The summed E-state index contributed by atoms with van der Waals surface area (Å²) in [5, 5.41) is 10.4. The van der Waals surface area contributed by atoms with E-state index in [1.54, 1.807) is 12.1 Å². The first-order valence-electron chi connectivity index (χ1n) is 3.64. The fourth-order valence-electron chi connectivity index (χ4n) is 1.05. The zero-order chi connectivity index (χ0) is 9.30. The van der Waals surface area contributed by atoms with Gasteiger partial charge in [-0.1, -0.05) is 0 Å². The summed E-state index contributed by atoms with van der Waals surface area (Å²) < 4.78 is 1.91. The normalized spacial score (nSPS) is 9.92. The predicted octanol–water partition coefficient (Wildman–Crippen LogP) is 1.04. The van der Waals surface area contributed by atoms with Crippen LogP contribution in [0.3, 0.4) is 0 Å². The Balaban J connectivity index is 3.31. The molecule has 0 aromatic carbocycles. The Morgan fingerprint density at radius 3 is 2.08 bits per heavy atom. The van der Waals surface area contributed by atoms with Gasteiger partial charge in [-0.15, -0.1) is 0 Å². The molecule has 0 saturated heterocycles. The van der Waals surface area contributed by atoms with E-state index in [0.29, 0.717) is 0 Å². The second kappa shape index (κ2) is 2.89. The van der Waals surface area contributed by atoms with Gasteiger partial charge in [-0.3, -0.25) is 10.1 Å². The van der Waals surface area contributed by atoms with Gasteiger partial charge in [0.15, 0.2) is 11.4 Å². The maximum Gasteiger partial charge on any atom is 0.281 e. The summed E-state index contributed by atoms with van der Waals surface area (Å²) in [5.41, 5.74) is 1.94. The van der Waals surface area contributed by atoms with E-state index in [4.69, 9.17) is 0 Å². The van der Waals surface area contributed by atoms with Gasteiger partial charge in [0.25, 0.3) is 5.69 Å². The number of hydrogen-bond acceptors (Lipinski definition) is 2. The molecule has 0 unspecified atom stereocenters. The smallest absolute Gasteiger partial charge is 0.258 e. The highest BCUT2D eigenvalue weighted by molar-refractivity contribution is 5.29. The van der Waals surface area contributed by atoms with Crippen LogP contribution in [0.1, 0.15) is 11.4 Å². The fraction of sp³-hybridized carbons (Fsp3) is 0.375. The molecule has 1 rings (SSSR count). The molecular weight excluding hydrogens is 156 g/mol. The van der Waals surface area contributed by atoms with Crippen LogP contribution < -0.4 is 4.57 Å². The SMILES string of the molecule is Cc1cc([N+](=O)[O-])cc(C)[n+]1C. The third-order valence-electron chi connectivity index (χ3n) is 1.98. The number of aromatic nitrogens is 1. The lowest BCUT2D eigenvalue weighted by Crippen LogP contribution is -2.35. The Kier molecular flexibility index (Phi) is 2.08. The van der Waals surface area contributed by atoms with E-state index in [-0.39, 0.29) is 10.6 Å². The summed E-state index contributed by atoms with van der Waals surface area (Å²) in [7, 11) is 1.88. The first-order chi connectivity index (χ1) is 5.52. The van der Waals surface area contributed by atoms with Crippen molar-refractivity contribution in [2.75, 3.05) is 0 Å². The predicted molar refractivity (Wildman–Crippen MR) is 43.7 cm³/mol. The summed E-state index contributed by atoms with van der Waals surface area (Å²) in [6.45, 7) is 3.69. The van der Waals surface area contributed by atoms with E-state index >= 15 is 0 Å². The molecule has 0 saturated carbocycles. The zero-order valence-electron chi connectivity index (χ0n) is 7.37. The van der Waals surface area contributed by atoms with Gasteiger partial charge in [0.1, 0.15) is 7.05 Å². The van der Waals surface area contributed by atoms with Gasteiger partial charge in [-0.05, 0) is 0 Å². The van der Waals surface area contributed by atoms with Crippen molar-refractivity contribution < 1.29 is 9.49 Å². The van der Waals surface area contributed by atoms with Gasteiger partial charge in [-0.25, -0.2) is 4.57 Å². The standard InChI is InChI=1S/C8H11N2O2/c1-6-4-8(10(11)12)5-7(2)9(6)3/h4-5H,1-3H3/q+1. The topological polar surface area (TPSA) is 47.0 Å². The van der Waals surface area contributed by atoms with Crippen molar-refractivity contribution in [2.45, 2.75) is 13.8 Å². The van der Waals surface area contributed by atoms with Crippen molar-refractivity contribution in [1.29, 1.82) is 0 Å². The van der Waals surface area contributed by atoms with Gasteiger partial charge >= 0.3 is 0 Å². The van der Waals surface area contributed by atoms with Crippen LogP contribution in [0.15, 0.2) is 12.1 Å². The van der Waals surface area contributed by atoms with Crippen LogP contribution >= 0.6 is 0 Å². The molecular formula is C8H11N2O2+. The van der Waals surface area contributed by atoms with E-state index in [0.717, 1.165) is 11.4 Å². The molecule has 4 heteroatoms. The maximum absolute atomic E-state index is 10.4. The first kappa shape index (κ1) is 8.64. The summed E-state index contributed by atoms with van der Waals surface area (Å²) in [5.74, 6) is 0. The van der Waals surface area contributed by atoms with Crippen molar-refractivity contribution in [1.82, 2.24) is 0 Å². The molecule has 0 spiro atoms. The fourth-order valence-corrected chi connectivity index (χ4v) is 1.05. The monoisotopic (exact) mass is 167 g/mol. The molecule has 0 aliphatic heterocycles. The molecule has 64 valence electrons. The second-order valence-electron chi connectivity index (χ2n) is 2.81. The van der Waals surface area contributed by atoms with Crippen LogP contribution in [-0.4, -0.2) is 4.92 Å². The van der Waals surface area contributed by atoms with E-state index < -0.39 is 0 Å². The lowest BCUT2D eigenvalue weighted by atomic mass is 10.3. The minimum absolute atomic E-state index is 0.156. The highest BCUT2D eigenvalue weighted by atomic mass is 16.6. The Labute approximate surface area is 70.6 Å². The van der Waals surface area contributed by atoms with Crippen molar-refractivity contribution in [2.24, 2.45) is 7.05 Å². The summed E-state index contributed by atoms with van der Waals surface area (Å²) in [6.07, 6.45) is 0. The Morgan fingerprint density at radius 1 is 1.33 bits per heavy atom. The van der Waals surface area contributed by atoms with Gasteiger partial charge in [0.2, 0.25) is 0 Å². The van der Waals surface area contributed by atoms with Crippen LogP contribution in [0.5, 0.6) is 0 Å². The summed E-state index contributed by atoms with van der Waals surface area (Å²) in [6, 6.07) is 3.12. The highest BCUT2D eigenvalue weighted by Gasteiger charge is 2.14. The van der Waals surface area contributed by atoms with E-state index in [9.17, 15) is 10.1 Å². The number of nitro groups is 1. The zero-order valence-corrected chi connectivity index (χ0v) is 7.37. The number of pyridine rings is 1. The molecule has 0 bridgehead atoms. The van der Waals surface area contributed by atoms with Crippen molar-refractivity contribution >= 4 is 5.69 Å². The van der Waals surface area contributed by atoms with Gasteiger partial charge in [0, 0.05) is 13.8 Å². The van der Waals surface area contributed by atoms with Crippen molar-refractivity contribution in [3.63, 3.8) is 0 Å². The molecule has 0 aliphatic rings. The minimum atomic E-state index is -0.375. The van der Waals surface area contributed by atoms with Gasteiger partial charge in [0.05, 0.1) is 17.1 Å². The van der Waals surface area contributed by atoms with Crippen molar-refractivity contribution in [3.05, 3.63) is 33.6 Å². The van der Waals surface area contributed by atoms with Crippen LogP contribution in [0, 0.1) is 24.0 Å². The van der Waals surface area contributed by atoms with Gasteiger partial charge in [-0.2, -0.15) is 0 Å². The van der Waals surface area contributed by atoms with Crippen LogP contribution in [0.4, 0.5) is 5.69 Å². The molecule has 12 heavy (non-hydrogen) atoms. The average Bonchev–Trinajstić information content (AvgIpc) is 1.99. The Morgan fingerprint density at radius 2 is 1.75 bits per heavy atom. The molecule has 4 nitrogen and oxygen atoms in total. The molecule has 0 aliphatic carbocycles. The number of rotatable bonds is 1. The largest absolute Gasteiger partial charge is 0.281 e. The van der Waals surface area contributed by atoms with Gasteiger partial charge < -0.3 is 0 Å². The Bertz CT molecular complexity index is 311. The van der Waals surface area contributed by atoms with Crippen LogP contribution in [0.25, 0.3) is 0 Å². The van der Waals surface area contributed by atoms with Crippen LogP contribution in [0.2, 0.25) is 0 Å². The second-order valence-corrected chi connectivity index (χ2v) is 2.81. The molecule has 0 atom stereocenters. The lowest BCUT2D eigenvalue weighted by molar-refractivity contribution is -0.684. The number of nitrogens with zero attached hydrogens (tertiary/aromatic N) is 2. The van der Waals surface area contributed by atoms with Crippen molar-refractivity contribution in [3.8, 4) is 0 Å². The molecule has 1 aromatic rings. The molecule has 0 N–H and O–H groups in total. The van der Waals surface area contributed by atoms with E-state index in [1.807, 2.05) is 25.5 Å². The first-order valence-corrected chi connectivity index (χ1v) is 3.64. The molecule has 1 aromatic heterocycles. The summed E-state index contributed by atoms with van der Waals surface area (Å²) >= 11 is 0. The third-order valence-corrected chi connectivity index (χ3v) is 1.98. The average molecular weight is 167 g/mol. The lowest BCUT2D eigenvalue weighted by Gasteiger charge is -1.97. The maximum atomic E-state index is 10.4. The van der Waals surface area contributed by atoms with E-state index in [2.05, 4.69) is 0 Å². The minimum Gasteiger partial charge on any atom is -0.258 e.